The molecule has 0 aromatic heterocycles. The molecule has 0 aliphatic heterocycles. The molecule has 0 saturated heterocycles. The van der Waals surface area contributed by atoms with Crippen molar-refractivity contribution in [2.75, 3.05) is 0 Å². The number of hydrogen-bond donors (Lipinski definition) is 1. The molecule has 0 fully saturated rings. The monoisotopic (exact) mass is 276 g/mol. The fourth-order valence-electron chi connectivity index (χ4n) is 1.65. The van der Waals surface area contributed by atoms with E-state index in [9.17, 15) is 4.79 Å². The minimum atomic E-state index is -0.762. The van der Waals surface area contributed by atoms with Gasteiger partial charge in [-0.15, -0.1) is 0 Å². The summed E-state index contributed by atoms with van der Waals surface area (Å²) in [7, 11) is 0. The second kappa shape index (κ2) is 15.5. The van der Waals surface area contributed by atoms with E-state index in [1.54, 1.807) is 6.08 Å². The van der Waals surface area contributed by atoms with Crippen LogP contribution in [0.15, 0.2) is 48.6 Å². The van der Waals surface area contributed by atoms with Crippen molar-refractivity contribution >= 4 is 5.97 Å². The van der Waals surface area contributed by atoms with Crippen molar-refractivity contribution in [2.24, 2.45) is 0 Å². The Morgan fingerprint density at radius 3 is 1.85 bits per heavy atom. The topological polar surface area (TPSA) is 37.3 Å². The maximum atomic E-state index is 10.3. The lowest BCUT2D eigenvalue weighted by Gasteiger charge is -1.92. The summed E-state index contributed by atoms with van der Waals surface area (Å²) >= 11 is 0. The van der Waals surface area contributed by atoms with Gasteiger partial charge in [0.15, 0.2) is 0 Å². The Bertz CT molecular complexity index is 335. The zero-order valence-corrected chi connectivity index (χ0v) is 12.6. The molecule has 0 rings (SSSR count). The third-order valence-electron chi connectivity index (χ3n) is 2.73. The standard InChI is InChI=1S/C18H28O2/c1-2-3-4-5-6-7-8-9-10-11-12-13-14-15-16-17-18(19)20/h3-4,6-7,9-10,15-16H,2,5,8,11-14,17H2,1H3,(H,19,20)/b4-3-,7-6-,10-9-,16-15+. The number of rotatable bonds is 12. The van der Waals surface area contributed by atoms with E-state index < -0.39 is 5.97 Å². The molecule has 0 aliphatic rings. The first-order valence-corrected chi connectivity index (χ1v) is 7.59. The van der Waals surface area contributed by atoms with E-state index in [0.29, 0.717) is 0 Å². The second-order valence-electron chi connectivity index (χ2n) is 4.65. The molecular formula is C18H28O2. The Labute approximate surface area is 123 Å². The molecule has 0 aliphatic carbocycles. The molecular weight excluding hydrogens is 248 g/mol. The lowest BCUT2D eigenvalue weighted by atomic mass is 10.1. The van der Waals surface area contributed by atoms with E-state index in [4.69, 9.17) is 5.11 Å². The summed E-state index contributed by atoms with van der Waals surface area (Å²) in [5.74, 6) is -0.762. The summed E-state index contributed by atoms with van der Waals surface area (Å²) in [5, 5.41) is 8.45. The second-order valence-corrected chi connectivity index (χ2v) is 4.65. The van der Waals surface area contributed by atoms with Gasteiger partial charge in [-0.05, 0) is 44.9 Å². The Kier molecular flexibility index (Phi) is 14.3. The van der Waals surface area contributed by atoms with Gasteiger partial charge in [-0.25, -0.2) is 0 Å². The first kappa shape index (κ1) is 18.4. The van der Waals surface area contributed by atoms with Gasteiger partial charge >= 0.3 is 5.97 Å². The lowest BCUT2D eigenvalue weighted by molar-refractivity contribution is -0.136. The van der Waals surface area contributed by atoms with Gasteiger partial charge in [0, 0.05) is 0 Å². The number of carboxylic acids is 1. The molecule has 2 heteroatoms. The summed E-state index contributed by atoms with van der Waals surface area (Å²) in [6.45, 7) is 2.14. The third kappa shape index (κ3) is 16.4. The molecule has 0 bridgehead atoms. The highest BCUT2D eigenvalue weighted by molar-refractivity contribution is 5.68. The smallest absolute Gasteiger partial charge is 0.307 e. The van der Waals surface area contributed by atoms with Gasteiger partial charge in [0.2, 0.25) is 0 Å². The maximum absolute atomic E-state index is 10.3. The average Bonchev–Trinajstić information content (AvgIpc) is 2.43. The molecule has 1 N–H and O–H groups in total. The quantitative estimate of drug-likeness (QED) is 0.381. The number of carbonyl (C=O) groups is 1. The van der Waals surface area contributed by atoms with Crippen molar-refractivity contribution in [3.63, 3.8) is 0 Å². The zero-order valence-electron chi connectivity index (χ0n) is 12.6. The molecule has 0 atom stereocenters. The van der Waals surface area contributed by atoms with Crippen molar-refractivity contribution in [1.29, 1.82) is 0 Å². The molecule has 0 aromatic rings. The first-order chi connectivity index (χ1) is 9.77. The van der Waals surface area contributed by atoms with Crippen LogP contribution < -0.4 is 0 Å². The maximum Gasteiger partial charge on any atom is 0.307 e. The van der Waals surface area contributed by atoms with Crippen LogP contribution in [-0.2, 0) is 4.79 Å². The molecule has 0 aromatic carbocycles. The van der Waals surface area contributed by atoms with Gasteiger partial charge in [0.05, 0.1) is 6.42 Å². The lowest BCUT2D eigenvalue weighted by Crippen LogP contribution is -1.89. The summed E-state index contributed by atoms with van der Waals surface area (Å²) in [6, 6.07) is 0. The van der Waals surface area contributed by atoms with Gasteiger partial charge in [-0.3, -0.25) is 4.79 Å². The highest BCUT2D eigenvalue weighted by Gasteiger charge is 1.88. The Morgan fingerprint density at radius 2 is 1.30 bits per heavy atom. The van der Waals surface area contributed by atoms with Crippen molar-refractivity contribution in [3.05, 3.63) is 48.6 Å². The predicted molar refractivity (Wildman–Crippen MR) is 86.8 cm³/mol. The molecule has 2 nitrogen and oxygen atoms in total. The Hall–Kier alpha value is -1.57. The van der Waals surface area contributed by atoms with Crippen LogP contribution in [0.2, 0.25) is 0 Å². The molecule has 0 spiro atoms. The van der Waals surface area contributed by atoms with Crippen molar-refractivity contribution in [2.45, 2.75) is 58.3 Å². The van der Waals surface area contributed by atoms with Gasteiger partial charge < -0.3 is 5.11 Å². The molecule has 0 saturated carbocycles. The number of unbranched alkanes of at least 4 members (excludes halogenated alkanes) is 3. The summed E-state index contributed by atoms with van der Waals surface area (Å²) in [6.07, 6.45) is 24.6. The van der Waals surface area contributed by atoms with Crippen LogP contribution in [0.3, 0.4) is 0 Å². The van der Waals surface area contributed by atoms with Crippen molar-refractivity contribution in [3.8, 4) is 0 Å². The highest BCUT2D eigenvalue weighted by Crippen LogP contribution is 2.03. The van der Waals surface area contributed by atoms with Crippen LogP contribution in [0, 0.1) is 0 Å². The van der Waals surface area contributed by atoms with Crippen molar-refractivity contribution < 1.29 is 9.90 Å². The summed E-state index contributed by atoms with van der Waals surface area (Å²) in [5.41, 5.74) is 0. The zero-order chi connectivity index (χ0) is 14.9. The number of aliphatic carboxylic acids is 1. The van der Waals surface area contributed by atoms with Gasteiger partial charge in [-0.1, -0.05) is 55.5 Å². The van der Waals surface area contributed by atoms with Crippen LogP contribution >= 0.6 is 0 Å². The van der Waals surface area contributed by atoms with E-state index in [1.807, 2.05) is 6.08 Å². The minimum Gasteiger partial charge on any atom is -0.481 e. The van der Waals surface area contributed by atoms with Crippen LogP contribution in [0.25, 0.3) is 0 Å². The van der Waals surface area contributed by atoms with Gasteiger partial charge in [-0.2, -0.15) is 0 Å². The molecule has 0 amide bonds. The molecule has 0 unspecified atom stereocenters. The number of allylic oxidation sites excluding steroid dienone is 7. The van der Waals surface area contributed by atoms with E-state index in [1.165, 1.54) is 0 Å². The minimum absolute atomic E-state index is 0.139. The van der Waals surface area contributed by atoms with E-state index in [-0.39, 0.29) is 6.42 Å². The van der Waals surface area contributed by atoms with Gasteiger partial charge in [0.25, 0.3) is 0 Å². The van der Waals surface area contributed by atoms with Gasteiger partial charge in [0.1, 0.15) is 0 Å². The Balaban J connectivity index is 3.33. The van der Waals surface area contributed by atoms with E-state index in [0.717, 1.165) is 44.9 Å². The SMILES string of the molecule is CC/C=C\C/C=C\C/C=C\CCCC/C=C/CC(=O)O. The highest BCUT2D eigenvalue weighted by atomic mass is 16.4. The normalized spacial score (nSPS) is 12.4. The number of carboxylic acid groups (broad SMARTS) is 1. The summed E-state index contributed by atoms with van der Waals surface area (Å²) < 4.78 is 0. The van der Waals surface area contributed by atoms with E-state index in [2.05, 4.69) is 43.4 Å². The molecule has 20 heavy (non-hydrogen) atoms. The van der Waals surface area contributed by atoms with Crippen LogP contribution in [-0.4, -0.2) is 11.1 Å². The van der Waals surface area contributed by atoms with E-state index >= 15 is 0 Å². The fourth-order valence-corrected chi connectivity index (χ4v) is 1.65. The summed E-state index contributed by atoms with van der Waals surface area (Å²) in [4.78, 5) is 10.3. The van der Waals surface area contributed by atoms with Crippen LogP contribution in [0.1, 0.15) is 58.3 Å². The molecule has 0 radical (unpaired) electrons. The van der Waals surface area contributed by atoms with Crippen LogP contribution in [0.5, 0.6) is 0 Å². The molecule has 112 valence electrons. The predicted octanol–water partition coefficient (Wildman–Crippen LogP) is 5.44. The fraction of sp³-hybridized carbons (Fsp3) is 0.500. The van der Waals surface area contributed by atoms with Crippen LogP contribution in [0.4, 0.5) is 0 Å². The first-order valence-electron chi connectivity index (χ1n) is 7.59. The third-order valence-corrected chi connectivity index (χ3v) is 2.73. The Morgan fingerprint density at radius 1 is 0.800 bits per heavy atom. The van der Waals surface area contributed by atoms with Crippen molar-refractivity contribution in [1.82, 2.24) is 0 Å². The molecule has 0 heterocycles. The number of hydrogen-bond acceptors (Lipinski definition) is 1. The largest absolute Gasteiger partial charge is 0.481 e. The average molecular weight is 276 g/mol.